The number of carbonyl (C=O) groups excluding carboxylic acids is 1. The quantitative estimate of drug-likeness (QED) is 0.757. The molecule has 1 aromatic carbocycles. The molecule has 0 spiro atoms. The largest absolute Gasteiger partial charge is 0.494 e. The van der Waals surface area contributed by atoms with E-state index in [-0.39, 0.29) is 0 Å². The lowest BCUT2D eigenvalue weighted by atomic mass is 10.2. The maximum absolute atomic E-state index is 12.3. The minimum absolute atomic E-state index is 0.290. The van der Waals surface area contributed by atoms with Crippen LogP contribution in [0.1, 0.15) is 32.1 Å². The van der Waals surface area contributed by atoms with Gasteiger partial charge in [0.25, 0.3) is 0 Å². The fraction of sp³-hybridized carbons (Fsp3) is 0.611. The molecule has 1 amide bonds. The number of hydrogen-bond acceptors (Lipinski definition) is 3. The van der Waals surface area contributed by atoms with Gasteiger partial charge >= 0.3 is 0 Å². The molecule has 3 rings (SSSR count). The van der Waals surface area contributed by atoms with Crippen molar-refractivity contribution in [2.24, 2.45) is 0 Å². The molecule has 1 unspecified atom stereocenters. The molecule has 0 radical (unpaired) electrons. The van der Waals surface area contributed by atoms with E-state index in [0.717, 1.165) is 31.7 Å². The van der Waals surface area contributed by atoms with Crippen LogP contribution in [0.15, 0.2) is 30.3 Å². The topological polar surface area (TPSA) is 32.8 Å². The second-order valence-corrected chi connectivity index (χ2v) is 6.29. The first-order valence-electron chi connectivity index (χ1n) is 8.52. The van der Waals surface area contributed by atoms with Crippen molar-refractivity contribution in [1.29, 1.82) is 0 Å². The van der Waals surface area contributed by atoms with Crippen LogP contribution in [0.3, 0.4) is 0 Å². The third-order valence-electron chi connectivity index (χ3n) is 4.72. The molecule has 1 aromatic rings. The summed E-state index contributed by atoms with van der Waals surface area (Å²) < 4.78 is 5.64. The normalized spacial score (nSPS) is 22.2. The minimum atomic E-state index is 0.290. The Labute approximate surface area is 133 Å². The number of nitrogens with zero attached hydrogens (tertiary/aromatic N) is 2. The van der Waals surface area contributed by atoms with Crippen molar-refractivity contribution in [2.45, 2.75) is 38.1 Å². The van der Waals surface area contributed by atoms with Gasteiger partial charge in [0.05, 0.1) is 6.61 Å². The third-order valence-corrected chi connectivity index (χ3v) is 4.72. The van der Waals surface area contributed by atoms with E-state index in [1.807, 2.05) is 35.2 Å². The molecule has 4 heteroatoms. The van der Waals surface area contributed by atoms with Crippen molar-refractivity contribution in [3.05, 3.63) is 30.3 Å². The average molecular weight is 302 g/mol. The summed E-state index contributed by atoms with van der Waals surface area (Å²) in [6.07, 6.45) is 5.17. The van der Waals surface area contributed by atoms with Gasteiger partial charge in [0.2, 0.25) is 5.91 Å². The molecule has 1 atom stereocenters. The summed E-state index contributed by atoms with van der Waals surface area (Å²) in [6.45, 7) is 4.91. The van der Waals surface area contributed by atoms with Gasteiger partial charge in [-0.15, -0.1) is 0 Å². The monoisotopic (exact) mass is 302 g/mol. The SMILES string of the molecule is O=C(CCCOc1ccccc1)N1CCC(N2CCCC2)C1. The van der Waals surface area contributed by atoms with E-state index >= 15 is 0 Å². The highest BCUT2D eigenvalue weighted by molar-refractivity contribution is 5.76. The van der Waals surface area contributed by atoms with Gasteiger partial charge < -0.3 is 9.64 Å². The zero-order chi connectivity index (χ0) is 15.2. The van der Waals surface area contributed by atoms with Gasteiger partial charge in [-0.25, -0.2) is 0 Å². The number of likely N-dealkylation sites (tertiary alicyclic amines) is 2. The van der Waals surface area contributed by atoms with Gasteiger partial charge in [0, 0.05) is 25.6 Å². The number of para-hydroxylation sites is 1. The van der Waals surface area contributed by atoms with Gasteiger partial charge in [-0.2, -0.15) is 0 Å². The molecule has 0 aliphatic carbocycles. The molecule has 2 aliphatic heterocycles. The summed E-state index contributed by atoms with van der Waals surface area (Å²) >= 11 is 0. The van der Waals surface area contributed by atoms with E-state index in [0.29, 0.717) is 25.0 Å². The Morgan fingerprint density at radius 1 is 1.14 bits per heavy atom. The predicted octanol–water partition coefficient (Wildman–Crippen LogP) is 2.54. The summed E-state index contributed by atoms with van der Waals surface area (Å²) in [5, 5.41) is 0. The van der Waals surface area contributed by atoms with Gasteiger partial charge in [0.15, 0.2) is 0 Å². The summed E-state index contributed by atoms with van der Waals surface area (Å²) in [4.78, 5) is 16.9. The fourth-order valence-electron chi connectivity index (χ4n) is 3.46. The van der Waals surface area contributed by atoms with E-state index in [2.05, 4.69) is 4.90 Å². The highest BCUT2D eigenvalue weighted by Gasteiger charge is 2.31. The molecule has 0 aromatic heterocycles. The highest BCUT2D eigenvalue weighted by Crippen LogP contribution is 2.21. The van der Waals surface area contributed by atoms with E-state index < -0.39 is 0 Å². The van der Waals surface area contributed by atoms with Crippen molar-refractivity contribution in [2.75, 3.05) is 32.8 Å². The first-order valence-corrected chi connectivity index (χ1v) is 8.52. The van der Waals surface area contributed by atoms with Gasteiger partial charge in [-0.1, -0.05) is 18.2 Å². The zero-order valence-corrected chi connectivity index (χ0v) is 13.2. The van der Waals surface area contributed by atoms with Crippen LogP contribution in [0.5, 0.6) is 5.75 Å². The average Bonchev–Trinajstić information content (AvgIpc) is 3.22. The molecular weight excluding hydrogens is 276 g/mol. The fourth-order valence-corrected chi connectivity index (χ4v) is 3.46. The standard InChI is InChI=1S/C18H26N2O2/c21-18(9-6-14-22-17-7-2-1-3-8-17)20-13-10-16(15-20)19-11-4-5-12-19/h1-3,7-8,16H,4-6,9-15H2. The van der Waals surface area contributed by atoms with E-state index in [1.165, 1.54) is 25.9 Å². The number of hydrogen-bond donors (Lipinski definition) is 0. The van der Waals surface area contributed by atoms with E-state index in [4.69, 9.17) is 4.74 Å². The minimum Gasteiger partial charge on any atom is -0.494 e. The summed E-state index contributed by atoms with van der Waals surface area (Å²) in [5.41, 5.74) is 0. The van der Waals surface area contributed by atoms with Crippen molar-refractivity contribution in [3.8, 4) is 5.75 Å². The maximum atomic E-state index is 12.3. The van der Waals surface area contributed by atoms with Crippen LogP contribution in [0.2, 0.25) is 0 Å². The van der Waals surface area contributed by atoms with Crippen molar-refractivity contribution >= 4 is 5.91 Å². The number of carbonyl (C=O) groups is 1. The second kappa shape index (κ2) is 7.63. The Hall–Kier alpha value is -1.55. The second-order valence-electron chi connectivity index (χ2n) is 6.29. The Morgan fingerprint density at radius 3 is 2.68 bits per heavy atom. The smallest absolute Gasteiger partial charge is 0.222 e. The van der Waals surface area contributed by atoms with Gasteiger partial charge in [-0.3, -0.25) is 9.69 Å². The third kappa shape index (κ3) is 4.01. The van der Waals surface area contributed by atoms with Crippen LogP contribution < -0.4 is 4.74 Å². The summed E-state index contributed by atoms with van der Waals surface area (Å²) in [6, 6.07) is 10.4. The maximum Gasteiger partial charge on any atom is 0.222 e. The van der Waals surface area contributed by atoms with Crippen LogP contribution in [-0.2, 0) is 4.79 Å². The van der Waals surface area contributed by atoms with Crippen molar-refractivity contribution in [3.63, 3.8) is 0 Å². The van der Waals surface area contributed by atoms with Crippen LogP contribution in [0, 0.1) is 0 Å². The molecule has 2 fully saturated rings. The number of rotatable bonds is 6. The predicted molar refractivity (Wildman–Crippen MR) is 87.0 cm³/mol. The molecule has 0 bridgehead atoms. The molecule has 4 nitrogen and oxygen atoms in total. The van der Waals surface area contributed by atoms with Crippen LogP contribution in [-0.4, -0.2) is 54.5 Å². The van der Waals surface area contributed by atoms with Gasteiger partial charge in [-0.05, 0) is 50.9 Å². The summed E-state index contributed by atoms with van der Waals surface area (Å²) in [5.74, 6) is 1.17. The molecule has 22 heavy (non-hydrogen) atoms. The van der Waals surface area contributed by atoms with Crippen LogP contribution in [0.25, 0.3) is 0 Å². The Kier molecular flexibility index (Phi) is 5.33. The first-order chi connectivity index (χ1) is 10.8. The Balaban J connectivity index is 1.34. The molecule has 120 valence electrons. The van der Waals surface area contributed by atoms with Crippen LogP contribution >= 0.6 is 0 Å². The van der Waals surface area contributed by atoms with Crippen molar-refractivity contribution < 1.29 is 9.53 Å². The molecule has 0 saturated carbocycles. The lowest BCUT2D eigenvalue weighted by Gasteiger charge is -2.23. The van der Waals surface area contributed by atoms with Crippen molar-refractivity contribution in [1.82, 2.24) is 9.80 Å². The van der Waals surface area contributed by atoms with E-state index in [1.54, 1.807) is 0 Å². The number of benzene rings is 1. The Morgan fingerprint density at radius 2 is 1.91 bits per heavy atom. The molecule has 2 saturated heterocycles. The lowest BCUT2D eigenvalue weighted by molar-refractivity contribution is -0.130. The first kappa shape index (κ1) is 15.3. The van der Waals surface area contributed by atoms with E-state index in [9.17, 15) is 4.79 Å². The highest BCUT2D eigenvalue weighted by atomic mass is 16.5. The lowest BCUT2D eigenvalue weighted by Crippen LogP contribution is -2.37. The summed E-state index contributed by atoms with van der Waals surface area (Å²) in [7, 11) is 0. The molecule has 0 N–H and O–H groups in total. The number of ether oxygens (including phenoxy) is 1. The molecular formula is C18H26N2O2. The Bertz CT molecular complexity index is 471. The zero-order valence-electron chi connectivity index (χ0n) is 13.2. The molecule has 2 heterocycles. The van der Waals surface area contributed by atoms with Gasteiger partial charge in [0.1, 0.15) is 5.75 Å². The van der Waals surface area contributed by atoms with Crippen LogP contribution in [0.4, 0.5) is 0 Å². The molecule has 2 aliphatic rings. The number of amides is 1.